The molecule has 0 saturated carbocycles. The fourth-order valence-electron chi connectivity index (χ4n) is 2.62. The Morgan fingerprint density at radius 1 is 1.19 bits per heavy atom. The van der Waals surface area contributed by atoms with Crippen LogP contribution >= 0.6 is 23.5 Å². The Kier molecular flexibility index (Phi) is 6.47. The van der Waals surface area contributed by atoms with E-state index in [1.165, 1.54) is 33.1 Å². The Morgan fingerprint density at radius 2 is 1.77 bits per heavy atom. The molecule has 2 rings (SSSR count). The van der Waals surface area contributed by atoms with Gasteiger partial charge in [-0.15, -0.1) is 0 Å². The molecule has 0 radical (unpaired) electrons. The highest BCUT2D eigenvalue weighted by molar-refractivity contribution is 7.97. The molecular formula is C18H20ClF3N2OS. The van der Waals surface area contributed by atoms with Crippen LogP contribution in [-0.2, 0) is 7.05 Å². The summed E-state index contributed by atoms with van der Waals surface area (Å²) < 4.78 is 44.1. The molecule has 0 aliphatic heterocycles. The summed E-state index contributed by atoms with van der Waals surface area (Å²) in [6.07, 6.45) is -2.88. The van der Waals surface area contributed by atoms with E-state index in [9.17, 15) is 18.0 Å². The van der Waals surface area contributed by atoms with E-state index in [1.54, 1.807) is 34.0 Å². The van der Waals surface area contributed by atoms with Crippen molar-refractivity contribution in [3.05, 3.63) is 62.5 Å². The second-order valence-corrected chi connectivity index (χ2v) is 7.51. The number of alkyl halides is 3. The van der Waals surface area contributed by atoms with Crippen molar-refractivity contribution < 1.29 is 13.2 Å². The normalized spacial score (nSPS) is 13.3. The van der Waals surface area contributed by atoms with Gasteiger partial charge in [-0.25, -0.2) is 4.31 Å². The lowest BCUT2D eigenvalue weighted by molar-refractivity contribution is -0.172. The lowest BCUT2D eigenvalue weighted by Gasteiger charge is -2.32. The van der Waals surface area contributed by atoms with Gasteiger partial charge in [-0.05, 0) is 49.1 Å². The van der Waals surface area contributed by atoms with E-state index in [-0.39, 0.29) is 17.7 Å². The summed E-state index contributed by atoms with van der Waals surface area (Å²) in [4.78, 5) is 12.6. The van der Waals surface area contributed by atoms with Crippen LogP contribution in [0.3, 0.4) is 0 Å². The van der Waals surface area contributed by atoms with Crippen molar-refractivity contribution in [2.24, 2.45) is 7.05 Å². The summed E-state index contributed by atoms with van der Waals surface area (Å²) in [7, 11) is 1.59. The molecule has 142 valence electrons. The first-order valence-corrected chi connectivity index (χ1v) is 9.15. The second-order valence-electron chi connectivity index (χ2n) is 5.98. The Morgan fingerprint density at radius 3 is 2.27 bits per heavy atom. The lowest BCUT2D eigenvalue weighted by Crippen LogP contribution is -2.34. The first-order valence-electron chi connectivity index (χ1n) is 7.99. The number of nitrogens with zero attached hydrogens (tertiary/aromatic N) is 2. The number of benzene rings is 1. The van der Waals surface area contributed by atoms with Gasteiger partial charge in [0.2, 0.25) is 0 Å². The molecule has 1 atom stereocenters. The molecule has 0 unspecified atom stereocenters. The van der Waals surface area contributed by atoms with E-state index >= 15 is 0 Å². The zero-order chi connectivity index (χ0) is 19.6. The van der Waals surface area contributed by atoms with Gasteiger partial charge in [0.25, 0.3) is 5.56 Å². The molecular weight excluding hydrogens is 385 g/mol. The van der Waals surface area contributed by atoms with Crippen LogP contribution in [0, 0.1) is 13.8 Å². The Balaban J connectivity index is 2.47. The number of rotatable bonds is 5. The summed E-state index contributed by atoms with van der Waals surface area (Å²) >= 11 is 6.82. The minimum absolute atomic E-state index is 0.121. The first-order chi connectivity index (χ1) is 12.1. The van der Waals surface area contributed by atoms with Crippen molar-refractivity contribution >= 4 is 23.5 Å². The zero-order valence-corrected chi connectivity index (χ0v) is 16.5. The quantitative estimate of drug-likeness (QED) is 0.633. The van der Waals surface area contributed by atoms with E-state index in [0.717, 1.165) is 11.9 Å². The average Bonchev–Trinajstić information content (AvgIpc) is 2.57. The van der Waals surface area contributed by atoms with Crippen LogP contribution in [0.5, 0.6) is 0 Å². The second kappa shape index (κ2) is 8.06. The molecule has 1 aromatic heterocycles. The molecule has 0 amide bonds. The van der Waals surface area contributed by atoms with E-state index in [2.05, 4.69) is 0 Å². The van der Waals surface area contributed by atoms with Crippen molar-refractivity contribution in [2.45, 2.75) is 37.9 Å². The minimum Gasteiger partial charge on any atom is -0.317 e. The van der Waals surface area contributed by atoms with Crippen LogP contribution in [0.4, 0.5) is 13.2 Å². The van der Waals surface area contributed by atoms with Crippen molar-refractivity contribution in [3.63, 3.8) is 0 Å². The summed E-state index contributed by atoms with van der Waals surface area (Å²) in [6.45, 7) is 5.26. The van der Waals surface area contributed by atoms with Gasteiger partial charge in [-0.2, -0.15) is 13.2 Å². The molecule has 0 bridgehead atoms. The molecule has 0 saturated heterocycles. The maximum absolute atomic E-state index is 13.8. The van der Waals surface area contributed by atoms with E-state index in [0.29, 0.717) is 21.0 Å². The van der Waals surface area contributed by atoms with Crippen molar-refractivity contribution in [2.75, 3.05) is 6.54 Å². The van der Waals surface area contributed by atoms with Crippen LogP contribution in [-0.4, -0.2) is 21.6 Å². The highest BCUT2D eigenvalue weighted by atomic mass is 35.5. The van der Waals surface area contributed by atoms with Gasteiger partial charge >= 0.3 is 6.18 Å². The smallest absolute Gasteiger partial charge is 0.317 e. The van der Waals surface area contributed by atoms with Crippen molar-refractivity contribution in [1.29, 1.82) is 0 Å². The number of aromatic nitrogens is 1. The average molecular weight is 405 g/mol. The topological polar surface area (TPSA) is 25.2 Å². The Hall–Kier alpha value is -1.44. The van der Waals surface area contributed by atoms with Crippen molar-refractivity contribution in [1.82, 2.24) is 8.87 Å². The monoisotopic (exact) mass is 404 g/mol. The summed E-state index contributed by atoms with van der Waals surface area (Å²) in [5, 5.41) is 0.384. The van der Waals surface area contributed by atoms with Crippen LogP contribution in [0.15, 0.2) is 40.2 Å². The van der Waals surface area contributed by atoms with Gasteiger partial charge in [0, 0.05) is 35.3 Å². The number of pyridine rings is 1. The number of hydrogen-bond donors (Lipinski definition) is 0. The largest absolute Gasteiger partial charge is 0.408 e. The SMILES string of the molecule is CCN(Sc1cn(C)c(=O)c(C)c1C)[C@H](c1ccc(Cl)cc1)C(F)(F)F. The summed E-state index contributed by atoms with van der Waals surface area (Å²) in [5.74, 6) is 0. The Bertz CT molecular complexity index is 834. The fraction of sp³-hybridized carbons (Fsp3) is 0.389. The summed E-state index contributed by atoms with van der Waals surface area (Å²) in [5.41, 5.74) is 1.19. The van der Waals surface area contributed by atoms with Crippen molar-refractivity contribution in [3.8, 4) is 0 Å². The van der Waals surface area contributed by atoms with Gasteiger partial charge in [-0.3, -0.25) is 4.79 Å². The summed E-state index contributed by atoms with van der Waals surface area (Å²) in [6, 6.07) is 3.91. The zero-order valence-electron chi connectivity index (χ0n) is 14.9. The molecule has 0 aliphatic rings. The number of hydrogen-bond acceptors (Lipinski definition) is 3. The van der Waals surface area contributed by atoms with E-state index in [1.807, 2.05) is 0 Å². The highest BCUT2D eigenvalue weighted by Gasteiger charge is 2.45. The first kappa shape index (κ1) is 20.9. The van der Waals surface area contributed by atoms with Crippen LogP contribution in [0.1, 0.15) is 29.7 Å². The fourth-order valence-corrected chi connectivity index (χ4v) is 3.97. The maximum atomic E-state index is 13.8. The van der Waals surface area contributed by atoms with Crippen LogP contribution < -0.4 is 5.56 Å². The number of aryl methyl sites for hydroxylation is 1. The molecule has 0 spiro atoms. The third-order valence-electron chi connectivity index (χ3n) is 4.20. The maximum Gasteiger partial charge on any atom is 0.408 e. The minimum atomic E-state index is -4.46. The molecule has 0 fully saturated rings. The predicted molar refractivity (Wildman–Crippen MR) is 99.6 cm³/mol. The molecule has 2 aromatic rings. The lowest BCUT2D eigenvalue weighted by atomic mass is 10.1. The molecule has 3 nitrogen and oxygen atoms in total. The van der Waals surface area contributed by atoms with Crippen LogP contribution in [0.2, 0.25) is 5.02 Å². The molecule has 26 heavy (non-hydrogen) atoms. The van der Waals surface area contributed by atoms with Gasteiger partial charge in [0.05, 0.1) is 0 Å². The predicted octanol–water partition coefficient (Wildman–Crippen LogP) is 5.29. The van der Waals surface area contributed by atoms with Gasteiger partial charge in [0.15, 0.2) is 0 Å². The third kappa shape index (κ3) is 4.45. The molecule has 0 N–H and O–H groups in total. The van der Waals surface area contributed by atoms with E-state index in [4.69, 9.17) is 11.6 Å². The molecule has 1 aromatic carbocycles. The number of halogens is 4. The van der Waals surface area contributed by atoms with Gasteiger partial charge < -0.3 is 4.57 Å². The standard InChI is InChI=1S/C18H20ClF3N2OS/c1-5-24(26-15-10-23(4)17(25)12(3)11(15)2)16(18(20,21)22)13-6-8-14(19)9-7-13/h6-10,16H,5H2,1-4H3/t16-/m1/s1. The Labute approximate surface area is 159 Å². The molecule has 1 heterocycles. The van der Waals surface area contributed by atoms with Gasteiger partial charge in [0.1, 0.15) is 6.04 Å². The third-order valence-corrected chi connectivity index (χ3v) is 5.76. The van der Waals surface area contributed by atoms with E-state index < -0.39 is 12.2 Å². The molecule has 8 heteroatoms. The van der Waals surface area contributed by atoms with Gasteiger partial charge in [-0.1, -0.05) is 30.7 Å². The molecule has 0 aliphatic carbocycles. The highest BCUT2D eigenvalue weighted by Crippen LogP contribution is 2.43. The van der Waals surface area contributed by atoms with Crippen LogP contribution in [0.25, 0.3) is 0 Å².